The highest BCUT2D eigenvalue weighted by Gasteiger charge is 2.03. The molecular weight excluding hydrogens is 148 g/mol. The van der Waals surface area contributed by atoms with Crippen molar-refractivity contribution in [3.05, 3.63) is 17.5 Å². The van der Waals surface area contributed by atoms with Gasteiger partial charge in [-0.3, -0.25) is 4.68 Å². The van der Waals surface area contributed by atoms with Crippen molar-refractivity contribution in [2.45, 2.75) is 33.6 Å². The van der Waals surface area contributed by atoms with E-state index in [4.69, 9.17) is 0 Å². The third kappa shape index (κ3) is 2.36. The lowest BCUT2D eigenvalue weighted by atomic mass is 10.1. The Balaban J connectivity index is 2.57. The van der Waals surface area contributed by atoms with Crippen molar-refractivity contribution < 1.29 is 0 Å². The van der Waals surface area contributed by atoms with Gasteiger partial charge in [0, 0.05) is 13.2 Å². The molecule has 0 amide bonds. The fourth-order valence-corrected chi connectivity index (χ4v) is 1.33. The van der Waals surface area contributed by atoms with Crippen molar-refractivity contribution in [2.24, 2.45) is 13.0 Å². The first-order valence-electron chi connectivity index (χ1n) is 4.58. The molecule has 0 spiro atoms. The van der Waals surface area contributed by atoms with Gasteiger partial charge in [-0.2, -0.15) is 5.10 Å². The molecule has 2 nitrogen and oxygen atoms in total. The van der Waals surface area contributed by atoms with Gasteiger partial charge in [0.15, 0.2) is 0 Å². The van der Waals surface area contributed by atoms with Crippen molar-refractivity contribution in [1.82, 2.24) is 9.78 Å². The molecule has 68 valence electrons. The van der Waals surface area contributed by atoms with Gasteiger partial charge in [-0.05, 0) is 31.2 Å². The molecule has 12 heavy (non-hydrogen) atoms. The van der Waals surface area contributed by atoms with E-state index < -0.39 is 0 Å². The number of aromatic nitrogens is 2. The van der Waals surface area contributed by atoms with Gasteiger partial charge < -0.3 is 0 Å². The molecule has 2 heteroatoms. The van der Waals surface area contributed by atoms with E-state index in [1.54, 1.807) is 0 Å². The molecular formula is C10H18N2. The van der Waals surface area contributed by atoms with E-state index in [2.05, 4.69) is 32.1 Å². The summed E-state index contributed by atoms with van der Waals surface area (Å²) in [6, 6.07) is 0. The molecule has 0 atom stereocenters. The molecule has 0 saturated carbocycles. The molecule has 1 rings (SSSR count). The van der Waals surface area contributed by atoms with Gasteiger partial charge >= 0.3 is 0 Å². The molecule has 0 fully saturated rings. The standard InChI is InChI=1S/C10H18N2/c1-8(2)5-6-10-9(3)7-12(4)11-10/h7-8H,5-6H2,1-4H3. The minimum atomic E-state index is 0.770. The Morgan fingerprint density at radius 3 is 2.58 bits per heavy atom. The van der Waals surface area contributed by atoms with Gasteiger partial charge in [-0.25, -0.2) is 0 Å². The van der Waals surface area contributed by atoms with Crippen LogP contribution in [-0.4, -0.2) is 9.78 Å². The lowest BCUT2D eigenvalue weighted by Crippen LogP contribution is -1.95. The topological polar surface area (TPSA) is 17.8 Å². The lowest BCUT2D eigenvalue weighted by molar-refractivity contribution is 0.575. The average Bonchev–Trinajstić information content (AvgIpc) is 2.26. The maximum absolute atomic E-state index is 4.40. The second-order valence-corrected chi connectivity index (χ2v) is 3.86. The van der Waals surface area contributed by atoms with Crippen LogP contribution in [0.3, 0.4) is 0 Å². The van der Waals surface area contributed by atoms with Crippen LogP contribution in [0.25, 0.3) is 0 Å². The summed E-state index contributed by atoms with van der Waals surface area (Å²) in [6.45, 7) is 6.62. The fraction of sp³-hybridized carbons (Fsp3) is 0.700. The summed E-state index contributed by atoms with van der Waals surface area (Å²) in [6.07, 6.45) is 4.43. The zero-order chi connectivity index (χ0) is 9.14. The average molecular weight is 166 g/mol. The number of nitrogens with zero attached hydrogens (tertiary/aromatic N) is 2. The van der Waals surface area contributed by atoms with Crippen molar-refractivity contribution in [3.63, 3.8) is 0 Å². The number of aryl methyl sites for hydroxylation is 3. The van der Waals surface area contributed by atoms with Crippen LogP contribution in [0, 0.1) is 12.8 Å². The first-order chi connectivity index (χ1) is 5.59. The third-order valence-corrected chi connectivity index (χ3v) is 2.07. The number of hydrogen-bond donors (Lipinski definition) is 0. The molecule has 0 radical (unpaired) electrons. The smallest absolute Gasteiger partial charge is 0.0653 e. The van der Waals surface area contributed by atoms with Gasteiger partial charge in [-0.15, -0.1) is 0 Å². The highest BCUT2D eigenvalue weighted by Crippen LogP contribution is 2.10. The molecule has 0 saturated heterocycles. The van der Waals surface area contributed by atoms with E-state index in [0.29, 0.717) is 0 Å². The molecule has 0 bridgehead atoms. The van der Waals surface area contributed by atoms with E-state index in [1.165, 1.54) is 17.7 Å². The molecule has 0 N–H and O–H groups in total. The number of hydrogen-bond acceptors (Lipinski definition) is 1. The zero-order valence-corrected chi connectivity index (χ0v) is 8.46. The Labute approximate surface area is 74.6 Å². The predicted octanol–water partition coefficient (Wildman–Crippen LogP) is 2.32. The summed E-state index contributed by atoms with van der Waals surface area (Å²) in [4.78, 5) is 0. The highest BCUT2D eigenvalue weighted by molar-refractivity contribution is 5.14. The van der Waals surface area contributed by atoms with Gasteiger partial charge in [0.2, 0.25) is 0 Å². The Bertz CT molecular complexity index is 248. The van der Waals surface area contributed by atoms with Crippen LogP contribution in [0.15, 0.2) is 6.20 Å². The first kappa shape index (κ1) is 9.30. The van der Waals surface area contributed by atoms with Crippen LogP contribution >= 0.6 is 0 Å². The van der Waals surface area contributed by atoms with Gasteiger partial charge in [0.1, 0.15) is 0 Å². The first-order valence-corrected chi connectivity index (χ1v) is 4.58. The maximum atomic E-state index is 4.40. The van der Waals surface area contributed by atoms with E-state index >= 15 is 0 Å². The fourth-order valence-electron chi connectivity index (χ4n) is 1.33. The monoisotopic (exact) mass is 166 g/mol. The Morgan fingerprint density at radius 2 is 2.17 bits per heavy atom. The molecule has 0 aliphatic carbocycles. The summed E-state index contributed by atoms with van der Waals surface area (Å²) in [5.41, 5.74) is 2.57. The second-order valence-electron chi connectivity index (χ2n) is 3.86. The van der Waals surface area contributed by atoms with Crippen molar-refractivity contribution >= 4 is 0 Å². The van der Waals surface area contributed by atoms with Gasteiger partial charge in [-0.1, -0.05) is 13.8 Å². The Kier molecular flexibility index (Phi) is 2.90. The molecule has 0 aliphatic heterocycles. The lowest BCUT2D eigenvalue weighted by Gasteiger charge is -2.01. The van der Waals surface area contributed by atoms with E-state index in [0.717, 1.165) is 12.3 Å². The van der Waals surface area contributed by atoms with E-state index in [1.807, 2.05) is 11.7 Å². The van der Waals surface area contributed by atoms with Crippen molar-refractivity contribution in [3.8, 4) is 0 Å². The molecule has 0 unspecified atom stereocenters. The van der Waals surface area contributed by atoms with Gasteiger partial charge in [0.25, 0.3) is 0 Å². The second kappa shape index (κ2) is 3.74. The largest absolute Gasteiger partial charge is 0.275 e. The predicted molar refractivity (Wildman–Crippen MR) is 51.1 cm³/mol. The minimum absolute atomic E-state index is 0.770. The normalized spacial score (nSPS) is 11.1. The Hall–Kier alpha value is -0.790. The van der Waals surface area contributed by atoms with Crippen LogP contribution in [0.5, 0.6) is 0 Å². The Morgan fingerprint density at radius 1 is 1.50 bits per heavy atom. The molecule has 1 heterocycles. The van der Waals surface area contributed by atoms with Crippen molar-refractivity contribution in [1.29, 1.82) is 0 Å². The zero-order valence-electron chi connectivity index (χ0n) is 8.46. The van der Waals surface area contributed by atoms with Crippen LogP contribution in [0.4, 0.5) is 0 Å². The summed E-state index contributed by atoms with van der Waals surface area (Å²) in [5, 5.41) is 4.40. The summed E-state index contributed by atoms with van der Waals surface area (Å²) < 4.78 is 1.89. The third-order valence-electron chi connectivity index (χ3n) is 2.07. The number of rotatable bonds is 3. The molecule has 1 aromatic heterocycles. The SMILES string of the molecule is Cc1cn(C)nc1CCC(C)C. The molecule has 0 aromatic carbocycles. The van der Waals surface area contributed by atoms with E-state index in [-0.39, 0.29) is 0 Å². The van der Waals surface area contributed by atoms with Crippen molar-refractivity contribution in [2.75, 3.05) is 0 Å². The van der Waals surface area contributed by atoms with Crippen LogP contribution in [-0.2, 0) is 13.5 Å². The quantitative estimate of drug-likeness (QED) is 0.673. The summed E-state index contributed by atoms with van der Waals surface area (Å²) >= 11 is 0. The summed E-state index contributed by atoms with van der Waals surface area (Å²) in [5.74, 6) is 0.770. The van der Waals surface area contributed by atoms with Crippen LogP contribution in [0.2, 0.25) is 0 Å². The summed E-state index contributed by atoms with van der Waals surface area (Å²) in [7, 11) is 1.98. The molecule has 0 aliphatic rings. The molecule has 1 aromatic rings. The highest BCUT2D eigenvalue weighted by atomic mass is 15.2. The van der Waals surface area contributed by atoms with Crippen LogP contribution in [0.1, 0.15) is 31.5 Å². The van der Waals surface area contributed by atoms with Crippen LogP contribution < -0.4 is 0 Å². The minimum Gasteiger partial charge on any atom is -0.275 e. The van der Waals surface area contributed by atoms with Gasteiger partial charge in [0.05, 0.1) is 5.69 Å². The van der Waals surface area contributed by atoms with E-state index in [9.17, 15) is 0 Å². The maximum Gasteiger partial charge on any atom is 0.0653 e.